The molecule has 12 heteroatoms. The Bertz CT molecular complexity index is 1450. The molecule has 1 saturated carbocycles. The molecule has 2 aliphatic rings. The van der Waals surface area contributed by atoms with Crippen LogP contribution >= 0.6 is 23.2 Å². The number of nitrogens with one attached hydrogen (secondary N) is 2. The molecular formula is C31H39Cl2N3O6S. The van der Waals surface area contributed by atoms with Gasteiger partial charge in [-0.25, -0.2) is 8.42 Å². The third-order valence-electron chi connectivity index (χ3n) is 8.49. The number of carbonyl (C=O) groups excluding carboxylic acids is 3. The summed E-state index contributed by atoms with van der Waals surface area (Å²) in [4.78, 5) is 41.2. The second kappa shape index (κ2) is 13.6. The molecule has 2 unspecified atom stereocenters. The number of ketones is 1. The van der Waals surface area contributed by atoms with Crippen LogP contribution in [0.5, 0.6) is 0 Å². The summed E-state index contributed by atoms with van der Waals surface area (Å²) in [5, 5.41) is 16.5. The molecule has 0 aromatic heterocycles. The number of carbonyl (C=O) groups is 3. The Balaban J connectivity index is 1.62. The highest BCUT2D eigenvalue weighted by molar-refractivity contribution is 7.92. The van der Waals surface area contributed by atoms with Crippen LogP contribution in [-0.2, 0) is 29.6 Å². The topological polar surface area (TPSA) is 133 Å². The van der Waals surface area contributed by atoms with Gasteiger partial charge in [0.15, 0.2) is 9.84 Å². The molecule has 4 rings (SSSR count). The van der Waals surface area contributed by atoms with Gasteiger partial charge in [0, 0.05) is 17.6 Å². The molecule has 234 valence electrons. The van der Waals surface area contributed by atoms with E-state index in [4.69, 9.17) is 23.2 Å². The largest absolute Gasteiger partial charge is 0.376 e. The summed E-state index contributed by atoms with van der Waals surface area (Å²) < 4.78 is 27.5. The molecule has 1 aliphatic carbocycles. The van der Waals surface area contributed by atoms with E-state index in [9.17, 15) is 27.9 Å². The Hall–Kier alpha value is -2.50. The number of aliphatic hydroxyl groups excluding tert-OH is 1. The third kappa shape index (κ3) is 7.09. The normalized spacial score (nSPS) is 21.6. The van der Waals surface area contributed by atoms with E-state index in [0.717, 1.165) is 12.0 Å². The predicted octanol–water partition coefficient (Wildman–Crippen LogP) is 4.03. The van der Waals surface area contributed by atoms with Gasteiger partial charge < -0.3 is 15.3 Å². The number of hydrogen-bond donors (Lipinski definition) is 3. The van der Waals surface area contributed by atoms with E-state index in [1.54, 1.807) is 43.3 Å². The molecular weight excluding hydrogens is 613 g/mol. The Kier molecular flexibility index (Phi) is 10.6. The summed E-state index contributed by atoms with van der Waals surface area (Å²) in [6, 6.07) is 10.9. The predicted molar refractivity (Wildman–Crippen MR) is 166 cm³/mol. The number of hydrogen-bond acceptors (Lipinski definition) is 7. The van der Waals surface area contributed by atoms with E-state index in [1.165, 1.54) is 17.0 Å². The van der Waals surface area contributed by atoms with E-state index < -0.39 is 50.5 Å². The molecule has 2 fully saturated rings. The molecule has 0 bridgehead atoms. The molecule has 3 N–H and O–H groups in total. The second-order valence-electron chi connectivity index (χ2n) is 11.5. The van der Waals surface area contributed by atoms with Crippen molar-refractivity contribution in [3.05, 3.63) is 64.1 Å². The van der Waals surface area contributed by atoms with E-state index in [1.807, 2.05) is 13.8 Å². The Morgan fingerprint density at radius 1 is 1.07 bits per heavy atom. The second-order valence-corrected chi connectivity index (χ2v) is 14.6. The molecule has 2 aromatic rings. The lowest BCUT2D eigenvalue weighted by molar-refractivity contribution is -0.141. The number of amides is 2. The summed E-state index contributed by atoms with van der Waals surface area (Å²) >= 11 is 12.3. The Morgan fingerprint density at radius 2 is 1.72 bits per heavy atom. The van der Waals surface area contributed by atoms with Gasteiger partial charge in [-0.2, -0.15) is 0 Å². The van der Waals surface area contributed by atoms with Gasteiger partial charge in [0.2, 0.25) is 11.7 Å². The Labute approximate surface area is 263 Å². The van der Waals surface area contributed by atoms with Crippen molar-refractivity contribution in [3.8, 4) is 0 Å². The van der Waals surface area contributed by atoms with Crippen LogP contribution in [0.3, 0.4) is 0 Å². The van der Waals surface area contributed by atoms with Gasteiger partial charge in [0.1, 0.15) is 6.23 Å². The average Bonchev–Trinajstić information content (AvgIpc) is 3.65. The highest BCUT2D eigenvalue weighted by atomic mass is 35.5. The number of halogens is 2. The van der Waals surface area contributed by atoms with Crippen LogP contribution in [0.2, 0.25) is 10.0 Å². The maximum atomic E-state index is 14.2. The summed E-state index contributed by atoms with van der Waals surface area (Å²) in [5.74, 6) is -1.80. The van der Waals surface area contributed by atoms with Crippen LogP contribution in [-0.4, -0.2) is 72.2 Å². The molecule has 1 aliphatic heterocycles. The highest BCUT2D eigenvalue weighted by Crippen LogP contribution is 2.51. The summed E-state index contributed by atoms with van der Waals surface area (Å²) in [6.07, 6.45) is 1.30. The number of benzene rings is 2. The number of aliphatic hydroxyl groups is 1. The molecule has 43 heavy (non-hydrogen) atoms. The first kappa shape index (κ1) is 33.4. The van der Waals surface area contributed by atoms with Crippen LogP contribution in [0.4, 0.5) is 0 Å². The standard InChI is InChI=1S/C31H39Cl2N3O6S/c1-4-8-19(3)34-29(39)27(37)24(5-2)35-28(38)25-17-22(43(41,42)26-10-7-6-9-23(26)33)18-36(25)30(40)31(15-16-31)20-11-13-21(32)14-12-20/h6-7,9-14,19,22,24-25,28,35,38H,4-5,8,15-18H2,1-3H3,(H,34,39)/t19?,22-,24+,25+,28?/m1/s1. The maximum absolute atomic E-state index is 14.2. The maximum Gasteiger partial charge on any atom is 0.289 e. The van der Waals surface area contributed by atoms with Crippen molar-refractivity contribution < 1.29 is 27.9 Å². The molecule has 5 atom stereocenters. The lowest BCUT2D eigenvalue weighted by Gasteiger charge is -2.33. The van der Waals surface area contributed by atoms with Crippen molar-refractivity contribution in [1.29, 1.82) is 0 Å². The van der Waals surface area contributed by atoms with Gasteiger partial charge in [-0.3, -0.25) is 19.7 Å². The quantitative estimate of drug-likeness (QED) is 0.220. The first-order valence-corrected chi connectivity index (χ1v) is 17.0. The molecule has 1 saturated heterocycles. The number of nitrogens with zero attached hydrogens (tertiary/aromatic N) is 1. The number of likely N-dealkylation sites (tertiary alicyclic amines) is 1. The minimum atomic E-state index is -3.99. The molecule has 0 spiro atoms. The van der Waals surface area contributed by atoms with Crippen LogP contribution < -0.4 is 10.6 Å². The van der Waals surface area contributed by atoms with E-state index >= 15 is 0 Å². The van der Waals surface area contributed by atoms with E-state index in [2.05, 4.69) is 10.6 Å². The fourth-order valence-electron chi connectivity index (χ4n) is 5.89. The molecule has 9 nitrogen and oxygen atoms in total. The molecule has 2 aromatic carbocycles. The zero-order valence-electron chi connectivity index (χ0n) is 24.6. The Morgan fingerprint density at radius 3 is 2.30 bits per heavy atom. The average molecular weight is 653 g/mol. The van der Waals surface area contributed by atoms with Gasteiger partial charge in [-0.1, -0.05) is 67.7 Å². The van der Waals surface area contributed by atoms with Crippen LogP contribution in [0.15, 0.2) is 53.4 Å². The zero-order valence-corrected chi connectivity index (χ0v) is 26.9. The van der Waals surface area contributed by atoms with E-state index in [0.29, 0.717) is 24.3 Å². The monoisotopic (exact) mass is 651 g/mol. The van der Waals surface area contributed by atoms with Crippen molar-refractivity contribution in [2.45, 2.75) is 99.2 Å². The van der Waals surface area contributed by atoms with Gasteiger partial charge in [-0.05, 0) is 68.9 Å². The van der Waals surface area contributed by atoms with E-state index in [-0.39, 0.29) is 41.3 Å². The first-order valence-electron chi connectivity index (χ1n) is 14.7. The number of Topliss-reactive ketones (excluding diaryl/α,β-unsaturated/α-hetero) is 1. The van der Waals surface area contributed by atoms with Gasteiger partial charge in [0.05, 0.1) is 32.7 Å². The third-order valence-corrected chi connectivity index (χ3v) is 11.4. The van der Waals surface area contributed by atoms with Gasteiger partial charge >= 0.3 is 0 Å². The summed E-state index contributed by atoms with van der Waals surface area (Å²) in [7, 11) is -3.99. The fourth-order valence-corrected chi connectivity index (χ4v) is 8.25. The van der Waals surface area contributed by atoms with Gasteiger partial charge in [-0.15, -0.1) is 0 Å². The summed E-state index contributed by atoms with van der Waals surface area (Å²) in [5.41, 5.74) is -0.0964. The minimum Gasteiger partial charge on any atom is -0.376 e. The van der Waals surface area contributed by atoms with Crippen molar-refractivity contribution in [3.63, 3.8) is 0 Å². The van der Waals surface area contributed by atoms with Crippen LogP contribution in [0.1, 0.15) is 64.9 Å². The smallest absolute Gasteiger partial charge is 0.289 e. The van der Waals surface area contributed by atoms with Crippen LogP contribution in [0, 0.1) is 0 Å². The highest BCUT2D eigenvalue weighted by Gasteiger charge is 2.57. The lowest BCUT2D eigenvalue weighted by atomic mass is 9.94. The molecule has 2 amide bonds. The van der Waals surface area contributed by atoms with Crippen molar-refractivity contribution in [1.82, 2.24) is 15.5 Å². The first-order chi connectivity index (χ1) is 20.3. The van der Waals surface area contributed by atoms with Crippen molar-refractivity contribution >= 4 is 50.6 Å². The van der Waals surface area contributed by atoms with Crippen LogP contribution in [0.25, 0.3) is 0 Å². The fraction of sp³-hybridized carbons (Fsp3) is 0.516. The summed E-state index contributed by atoms with van der Waals surface area (Å²) in [6.45, 7) is 5.33. The lowest BCUT2D eigenvalue weighted by Crippen LogP contribution is -2.57. The molecule has 0 radical (unpaired) electrons. The zero-order chi connectivity index (χ0) is 31.5. The van der Waals surface area contributed by atoms with Crippen molar-refractivity contribution in [2.24, 2.45) is 0 Å². The SMILES string of the molecule is CCCC(C)NC(=O)C(=O)[C@H](CC)NC(O)[C@@H]1C[C@@H](S(=O)(=O)c2ccccc2Cl)CN1C(=O)C1(c2ccc(Cl)cc2)CC1. The number of rotatable bonds is 13. The van der Waals surface area contributed by atoms with Crippen molar-refractivity contribution in [2.75, 3.05) is 6.54 Å². The molecule has 1 heterocycles. The van der Waals surface area contributed by atoms with Gasteiger partial charge in [0.25, 0.3) is 5.91 Å². The number of sulfone groups is 1. The minimum absolute atomic E-state index is 0.0458.